The van der Waals surface area contributed by atoms with Crippen LogP contribution in [0.15, 0.2) is 36.4 Å². The first-order valence-corrected chi connectivity index (χ1v) is 13.3. The van der Waals surface area contributed by atoms with Gasteiger partial charge in [-0.05, 0) is 56.3 Å². The molecule has 2 aromatic rings. The van der Waals surface area contributed by atoms with Crippen molar-refractivity contribution in [1.82, 2.24) is 20.0 Å². The summed E-state index contributed by atoms with van der Waals surface area (Å²) in [6.07, 6.45) is -4.75. The smallest absolute Gasteiger partial charge is 0.339 e. The third-order valence-electron chi connectivity index (χ3n) is 7.34. The zero-order chi connectivity index (χ0) is 27.8. The summed E-state index contributed by atoms with van der Waals surface area (Å²) in [5.41, 5.74) is 0.0424. The van der Waals surface area contributed by atoms with Crippen LogP contribution in [0.5, 0.6) is 0 Å². The fourth-order valence-corrected chi connectivity index (χ4v) is 5.97. The molecule has 4 atom stereocenters. The van der Waals surface area contributed by atoms with Gasteiger partial charge in [-0.1, -0.05) is 35.3 Å². The zero-order valence-corrected chi connectivity index (χ0v) is 23.0. The molecule has 2 unspecified atom stereocenters. The Morgan fingerprint density at radius 2 is 1.71 bits per heavy atom. The Labute approximate surface area is 230 Å². The molecule has 1 amide bonds. The Hall–Kier alpha value is -1.91. The second kappa shape index (κ2) is 11.7. The zero-order valence-electron chi connectivity index (χ0n) is 21.5. The number of hydrogen-bond donors (Lipinski definition) is 1. The molecule has 2 saturated heterocycles. The molecule has 2 aliphatic rings. The van der Waals surface area contributed by atoms with Crippen LogP contribution in [0.4, 0.5) is 17.6 Å². The van der Waals surface area contributed by atoms with Gasteiger partial charge in [0.25, 0.3) is 0 Å². The number of rotatable bonds is 6. The predicted octanol–water partition coefficient (Wildman–Crippen LogP) is 5.26. The van der Waals surface area contributed by atoms with E-state index < -0.39 is 17.6 Å². The van der Waals surface area contributed by atoms with E-state index in [2.05, 4.69) is 24.1 Å². The molecule has 0 bridgehead atoms. The van der Waals surface area contributed by atoms with E-state index in [4.69, 9.17) is 23.2 Å². The monoisotopic (exact) mass is 574 g/mol. The van der Waals surface area contributed by atoms with Crippen LogP contribution in [0.1, 0.15) is 36.5 Å². The van der Waals surface area contributed by atoms with Crippen molar-refractivity contribution in [2.45, 2.75) is 50.6 Å². The van der Waals surface area contributed by atoms with Gasteiger partial charge < -0.3 is 10.2 Å². The van der Waals surface area contributed by atoms with Crippen LogP contribution in [-0.2, 0) is 17.5 Å². The molecule has 208 valence electrons. The van der Waals surface area contributed by atoms with Crippen LogP contribution in [0.3, 0.4) is 0 Å². The number of carbonyl (C=O) groups excluding carboxylic acids is 1. The first-order chi connectivity index (χ1) is 17.8. The van der Waals surface area contributed by atoms with Gasteiger partial charge in [0.1, 0.15) is 5.82 Å². The Bertz CT molecular complexity index is 1150. The van der Waals surface area contributed by atoms with Crippen molar-refractivity contribution in [3.8, 4) is 0 Å². The highest BCUT2D eigenvalue weighted by Gasteiger charge is 2.39. The Balaban J connectivity index is 1.53. The van der Waals surface area contributed by atoms with Crippen LogP contribution >= 0.6 is 23.2 Å². The van der Waals surface area contributed by atoms with Crippen LogP contribution in [0, 0.1) is 5.82 Å². The van der Waals surface area contributed by atoms with E-state index in [1.165, 1.54) is 6.07 Å². The average molecular weight is 575 g/mol. The summed E-state index contributed by atoms with van der Waals surface area (Å²) in [7, 11) is 1.83. The lowest BCUT2D eigenvalue weighted by atomic mass is 9.93. The number of carbonyl (C=O) groups is 1. The van der Waals surface area contributed by atoms with Crippen molar-refractivity contribution >= 4 is 29.1 Å². The van der Waals surface area contributed by atoms with E-state index in [1.807, 2.05) is 22.9 Å². The number of likely N-dealkylation sites (N-methyl/N-ethyl adjacent to an activating group) is 1. The molecule has 4 rings (SSSR count). The molecule has 0 radical (unpaired) electrons. The minimum Gasteiger partial charge on any atom is -0.339 e. The third-order valence-corrected chi connectivity index (χ3v) is 8.08. The number of nitrogens with one attached hydrogen (secondary N) is 1. The van der Waals surface area contributed by atoms with Gasteiger partial charge in [0.2, 0.25) is 5.91 Å². The Morgan fingerprint density at radius 1 is 1.03 bits per heavy atom. The highest BCUT2D eigenvalue weighted by atomic mass is 35.5. The molecule has 0 spiro atoms. The Morgan fingerprint density at radius 3 is 2.32 bits per heavy atom. The number of halogens is 6. The van der Waals surface area contributed by atoms with Crippen molar-refractivity contribution < 1.29 is 22.4 Å². The van der Waals surface area contributed by atoms with E-state index >= 15 is 0 Å². The van der Waals surface area contributed by atoms with Crippen molar-refractivity contribution in [3.63, 3.8) is 0 Å². The molecule has 0 saturated carbocycles. The van der Waals surface area contributed by atoms with E-state index in [9.17, 15) is 22.4 Å². The molecule has 1 N–H and O–H groups in total. The van der Waals surface area contributed by atoms with Crippen molar-refractivity contribution in [1.29, 1.82) is 0 Å². The summed E-state index contributed by atoms with van der Waals surface area (Å²) in [5, 5.41) is 4.30. The maximum Gasteiger partial charge on any atom is 0.419 e. The van der Waals surface area contributed by atoms with Gasteiger partial charge in [-0.25, -0.2) is 4.39 Å². The summed E-state index contributed by atoms with van der Waals surface area (Å²) in [5.74, 6) is -1.39. The SMILES string of the molecule is CC1CN(CC(=O)N2C[C@H](c3ccc(Cl)c(Cl)c3)[C@H](N(C)Cc3ccc(C(F)(F)F)c(F)c3)C2)CC(C)N1. The van der Waals surface area contributed by atoms with E-state index in [-0.39, 0.29) is 36.5 Å². The maximum atomic E-state index is 14.2. The fraction of sp³-hybridized carbons (Fsp3) is 0.519. The molecule has 2 aliphatic heterocycles. The highest BCUT2D eigenvalue weighted by Crippen LogP contribution is 2.36. The maximum absolute atomic E-state index is 14.2. The van der Waals surface area contributed by atoms with Crippen LogP contribution in [0.25, 0.3) is 0 Å². The molecular formula is C27H32Cl2F4N4O. The lowest BCUT2D eigenvalue weighted by Crippen LogP contribution is -2.56. The number of amides is 1. The molecule has 2 heterocycles. The fourth-order valence-electron chi connectivity index (χ4n) is 5.66. The topological polar surface area (TPSA) is 38.8 Å². The molecule has 0 aromatic heterocycles. The molecule has 2 fully saturated rings. The summed E-state index contributed by atoms with van der Waals surface area (Å²) < 4.78 is 53.2. The number of hydrogen-bond acceptors (Lipinski definition) is 4. The number of benzene rings is 2. The molecule has 11 heteroatoms. The lowest BCUT2D eigenvalue weighted by Gasteiger charge is -2.36. The number of piperazine rings is 1. The van der Waals surface area contributed by atoms with Crippen molar-refractivity contribution in [3.05, 3.63) is 69.0 Å². The van der Waals surface area contributed by atoms with Gasteiger partial charge in [0.05, 0.1) is 22.2 Å². The van der Waals surface area contributed by atoms with Gasteiger partial charge in [0.15, 0.2) is 0 Å². The van der Waals surface area contributed by atoms with Crippen LogP contribution in [-0.4, -0.2) is 78.5 Å². The van der Waals surface area contributed by atoms with E-state index in [1.54, 1.807) is 12.1 Å². The van der Waals surface area contributed by atoms with E-state index in [0.29, 0.717) is 35.2 Å². The minimum absolute atomic E-state index is 0.0211. The molecular weight excluding hydrogens is 543 g/mol. The summed E-state index contributed by atoms with van der Waals surface area (Å²) >= 11 is 12.4. The minimum atomic E-state index is -4.75. The van der Waals surface area contributed by atoms with Gasteiger partial charge in [-0.2, -0.15) is 13.2 Å². The largest absolute Gasteiger partial charge is 0.419 e. The lowest BCUT2D eigenvalue weighted by molar-refractivity contribution is -0.140. The van der Waals surface area contributed by atoms with Gasteiger partial charge >= 0.3 is 6.18 Å². The number of likely N-dealkylation sites (tertiary alicyclic amines) is 1. The Kier molecular flexibility index (Phi) is 8.94. The number of alkyl halides is 3. The summed E-state index contributed by atoms with van der Waals surface area (Å²) in [6.45, 7) is 7.17. The number of nitrogens with zero attached hydrogens (tertiary/aromatic N) is 3. The van der Waals surface area contributed by atoms with Gasteiger partial charge in [-0.3, -0.25) is 14.6 Å². The molecule has 38 heavy (non-hydrogen) atoms. The molecule has 2 aromatic carbocycles. The predicted molar refractivity (Wildman–Crippen MR) is 141 cm³/mol. The average Bonchev–Trinajstić information content (AvgIpc) is 3.25. The molecule has 0 aliphatic carbocycles. The molecule has 5 nitrogen and oxygen atoms in total. The van der Waals surface area contributed by atoms with Crippen LogP contribution in [0.2, 0.25) is 10.0 Å². The second-order valence-corrected chi connectivity index (χ2v) is 11.4. The first-order valence-electron chi connectivity index (χ1n) is 12.6. The van der Waals surface area contributed by atoms with Gasteiger partial charge in [0, 0.05) is 56.8 Å². The van der Waals surface area contributed by atoms with Gasteiger partial charge in [-0.15, -0.1) is 0 Å². The highest BCUT2D eigenvalue weighted by molar-refractivity contribution is 6.42. The third kappa shape index (κ3) is 6.80. The summed E-state index contributed by atoms with van der Waals surface area (Å²) in [6, 6.07) is 8.80. The quantitative estimate of drug-likeness (QED) is 0.478. The first kappa shape index (κ1) is 29.1. The summed E-state index contributed by atoms with van der Waals surface area (Å²) in [4.78, 5) is 19.3. The standard InChI is InChI=1S/C27H32Cl2F4N4O/c1-16-10-36(11-17(2)34-16)15-26(38)37-13-20(19-5-7-22(28)23(29)9-19)25(14-37)35(3)12-18-4-6-21(24(30)8-18)27(31,32)33/h4-9,16-17,20,25,34H,10-15H2,1-3H3/t16?,17?,20-,25-/m1/s1. The van der Waals surface area contributed by atoms with Crippen LogP contribution < -0.4 is 5.32 Å². The van der Waals surface area contributed by atoms with Crippen molar-refractivity contribution in [2.24, 2.45) is 0 Å². The normalized spacial score (nSPS) is 24.8. The second-order valence-electron chi connectivity index (χ2n) is 10.5. The van der Waals surface area contributed by atoms with Crippen molar-refractivity contribution in [2.75, 3.05) is 39.8 Å². The van der Waals surface area contributed by atoms with E-state index in [0.717, 1.165) is 30.8 Å².